The van der Waals surface area contributed by atoms with Crippen molar-refractivity contribution in [1.82, 2.24) is 46.3 Å². The first-order valence-electron chi connectivity index (χ1n) is 31.2. The number of fused-ring (bicyclic) bond motifs is 2. The topological polar surface area (TPSA) is 351 Å². The number of aromatic nitrogens is 1. The SMILES string of the molecule is CCCN(CCC)C(=O)C1=Cc2ccc(C(=O)Nc3cnc4c(c3)CN(Cc3ccc(C(=O)NCC(F)(F)CNC(=O)OCc5ccc(NC(=O)[C@H](CCCNC(N)=O)NC(=O)C(NC(=O)CCCCCN6C(=O)C=CC6=O)C(C)C)cc5)cc3)CC4)cc2N=C(N)C1. The molecular weight excluding hydrogens is 1200 g/mol. The van der Waals surface area contributed by atoms with Crippen LogP contribution in [0.4, 0.5) is 35.4 Å². The van der Waals surface area contributed by atoms with Crippen LogP contribution in [0, 0.1) is 5.92 Å². The van der Waals surface area contributed by atoms with E-state index in [0.717, 1.165) is 34.6 Å². The van der Waals surface area contributed by atoms with E-state index >= 15 is 0 Å². The van der Waals surface area contributed by atoms with Gasteiger partial charge in [-0.1, -0.05) is 64.4 Å². The highest BCUT2D eigenvalue weighted by Gasteiger charge is 2.32. The van der Waals surface area contributed by atoms with E-state index in [1.807, 2.05) is 30.1 Å². The third-order valence-electron chi connectivity index (χ3n) is 15.4. The van der Waals surface area contributed by atoms with Crippen LogP contribution in [0.15, 0.2) is 102 Å². The fourth-order valence-electron chi connectivity index (χ4n) is 10.5. The number of carbonyl (C=O) groups is 10. The number of amides is 11. The number of unbranched alkanes of at least 4 members (excludes halogenated alkanes) is 2. The molecule has 0 radical (unpaired) electrons. The standard InChI is InChI=1S/C66H82F2N14O11/c1-5-27-81(28-6-2)63(90)47-31-45-19-20-46(33-53(45)77-54(69)34-47)60(87)76-50-32-48-37-80(30-25-51(48)72-35-50)36-42-13-17-44(18-14-42)59(86)73-39-66(67,68)40-74-65(92)93-38-43-15-21-49(22-16-43)75-61(88)52(11-10-26-71-64(70)91)78-62(89)58(41(3)4)79-55(83)12-8-7-9-29-82-56(84)23-24-57(82)85/h13-24,31-33,35,41,52,58H,5-12,25-30,34,36-40H2,1-4H3,(H2,69,77)(H,73,86)(H,74,92)(H,75,88)(H,76,87)(H,78,89)(H,79,83)(H3,70,71,91)/t52-,58?/m0/s1. The van der Waals surface area contributed by atoms with Gasteiger partial charge in [-0.2, -0.15) is 0 Å². The smallest absolute Gasteiger partial charge is 0.407 e. The summed E-state index contributed by atoms with van der Waals surface area (Å²) in [6.45, 7) is 8.27. The molecule has 27 heteroatoms. The van der Waals surface area contributed by atoms with E-state index in [1.165, 1.54) is 48.6 Å². The molecule has 1 unspecified atom stereocenters. The van der Waals surface area contributed by atoms with Crippen molar-refractivity contribution >= 4 is 88.4 Å². The number of rotatable bonds is 32. The maximum atomic E-state index is 15.0. The predicted molar refractivity (Wildman–Crippen MR) is 344 cm³/mol. The molecule has 4 aromatic rings. The van der Waals surface area contributed by atoms with Gasteiger partial charge < -0.3 is 58.3 Å². The van der Waals surface area contributed by atoms with Crippen molar-refractivity contribution in [3.8, 4) is 0 Å². The molecule has 1 aromatic heterocycles. The number of nitrogens with one attached hydrogen (secondary N) is 7. The Morgan fingerprint density at radius 2 is 1.45 bits per heavy atom. The molecule has 0 fully saturated rings. The zero-order valence-electron chi connectivity index (χ0n) is 52.7. The van der Waals surface area contributed by atoms with Crippen LogP contribution in [0.3, 0.4) is 0 Å². The molecule has 7 rings (SSSR count). The molecule has 0 bridgehead atoms. The van der Waals surface area contributed by atoms with Crippen molar-refractivity contribution in [3.05, 3.63) is 136 Å². The average Bonchev–Trinajstić information content (AvgIpc) is 1.81. The summed E-state index contributed by atoms with van der Waals surface area (Å²) in [5, 5.41) is 17.8. The molecule has 93 heavy (non-hydrogen) atoms. The molecule has 3 aromatic carbocycles. The number of aliphatic imine (C=N–C) groups is 1. The van der Waals surface area contributed by atoms with Crippen LogP contribution in [0.25, 0.3) is 6.08 Å². The van der Waals surface area contributed by atoms with Crippen LogP contribution in [0.5, 0.6) is 0 Å². The predicted octanol–water partition coefficient (Wildman–Crippen LogP) is 6.11. The number of nitrogens with two attached hydrogens (primary N) is 2. The minimum Gasteiger partial charge on any atom is -0.445 e. The highest BCUT2D eigenvalue weighted by atomic mass is 19.3. The molecule has 4 heterocycles. The molecule has 3 aliphatic heterocycles. The lowest BCUT2D eigenvalue weighted by molar-refractivity contribution is -0.137. The molecule has 0 spiro atoms. The molecule has 496 valence electrons. The molecule has 0 aliphatic carbocycles. The number of anilines is 2. The van der Waals surface area contributed by atoms with Gasteiger partial charge in [0.25, 0.3) is 29.6 Å². The van der Waals surface area contributed by atoms with E-state index in [4.69, 9.17) is 16.2 Å². The average molecular weight is 1290 g/mol. The van der Waals surface area contributed by atoms with Gasteiger partial charge in [-0.05, 0) is 110 Å². The third kappa shape index (κ3) is 21.6. The van der Waals surface area contributed by atoms with E-state index in [9.17, 15) is 56.7 Å². The lowest BCUT2D eigenvalue weighted by Gasteiger charge is -2.28. The second-order valence-electron chi connectivity index (χ2n) is 23.4. The normalized spacial score (nSPS) is 14.3. The highest BCUT2D eigenvalue weighted by Crippen LogP contribution is 2.30. The Kier molecular flexibility index (Phi) is 25.7. The summed E-state index contributed by atoms with van der Waals surface area (Å²) in [4.78, 5) is 142. The van der Waals surface area contributed by atoms with Crippen LogP contribution in [0.2, 0.25) is 0 Å². The summed E-state index contributed by atoms with van der Waals surface area (Å²) in [7, 11) is 0. The van der Waals surface area contributed by atoms with E-state index in [-0.39, 0.29) is 86.3 Å². The number of imide groups is 1. The Bertz CT molecular complexity index is 3460. The van der Waals surface area contributed by atoms with Crippen LogP contribution < -0.4 is 48.7 Å². The molecule has 11 amide bonds. The van der Waals surface area contributed by atoms with Crippen molar-refractivity contribution in [2.75, 3.05) is 56.4 Å². The molecule has 0 saturated heterocycles. The van der Waals surface area contributed by atoms with Crippen molar-refractivity contribution in [3.63, 3.8) is 0 Å². The fraction of sp³-hybridized carbons (Fsp3) is 0.424. The van der Waals surface area contributed by atoms with Crippen LogP contribution >= 0.6 is 0 Å². The maximum absolute atomic E-state index is 15.0. The number of alkyl halides is 2. The number of pyridine rings is 1. The van der Waals surface area contributed by atoms with E-state index in [1.54, 1.807) is 56.5 Å². The summed E-state index contributed by atoms with van der Waals surface area (Å²) in [6.07, 6.45) is 9.05. The van der Waals surface area contributed by atoms with E-state index < -0.39 is 66.8 Å². The van der Waals surface area contributed by atoms with E-state index in [0.29, 0.717) is 97.7 Å². The van der Waals surface area contributed by atoms with Crippen LogP contribution in [0.1, 0.15) is 134 Å². The molecule has 0 saturated carbocycles. The van der Waals surface area contributed by atoms with Gasteiger partial charge >= 0.3 is 12.1 Å². The van der Waals surface area contributed by atoms with Gasteiger partial charge in [-0.3, -0.25) is 53.1 Å². The zero-order valence-corrected chi connectivity index (χ0v) is 52.7. The first kappa shape index (κ1) is 70.5. The van der Waals surface area contributed by atoms with Gasteiger partial charge in [-0.25, -0.2) is 23.4 Å². The lowest BCUT2D eigenvalue weighted by atomic mass is 10.0. The van der Waals surface area contributed by atoms with Gasteiger partial charge in [0.15, 0.2) is 0 Å². The summed E-state index contributed by atoms with van der Waals surface area (Å²) >= 11 is 0. The molecular formula is C66H82F2N14O11. The van der Waals surface area contributed by atoms with Crippen LogP contribution in [-0.2, 0) is 59.6 Å². The Morgan fingerprint density at radius 3 is 2.14 bits per heavy atom. The Labute approximate surface area is 538 Å². The van der Waals surface area contributed by atoms with Crippen molar-refractivity contribution in [2.45, 2.75) is 130 Å². The van der Waals surface area contributed by atoms with Crippen molar-refractivity contribution in [1.29, 1.82) is 0 Å². The number of hydrogen-bond acceptors (Lipinski definition) is 15. The lowest BCUT2D eigenvalue weighted by Crippen LogP contribution is -2.54. The number of halogens is 2. The monoisotopic (exact) mass is 1280 g/mol. The van der Waals surface area contributed by atoms with E-state index in [2.05, 4.69) is 46.8 Å². The molecule has 25 nitrogen and oxygen atoms in total. The minimum absolute atomic E-state index is 0.0677. The summed E-state index contributed by atoms with van der Waals surface area (Å²) < 4.78 is 35.1. The van der Waals surface area contributed by atoms with Gasteiger partial charge in [0.2, 0.25) is 23.6 Å². The zero-order chi connectivity index (χ0) is 67.2. The Morgan fingerprint density at radius 1 is 0.763 bits per heavy atom. The second-order valence-corrected chi connectivity index (χ2v) is 23.4. The van der Waals surface area contributed by atoms with Crippen molar-refractivity contribution < 1.29 is 61.5 Å². The number of nitrogens with zero attached hydrogens (tertiary/aromatic N) is 5. The van der Waals surface area contributed by atoms with Gasteiger partial charge in [0, 0.05) is 111 Å². The van der Waals surface area contributed by atoms with Gasteiger partial charge in [0.05, 0.1) is 30.7 Å². The number of amidine groups is 1. The van der Waals surface area contributed by atoms with Gasteiger partial charge in [-0.15, -0.1) is 0 Å². The molecule has 3 aliphatic rings. The Balaban J connectivity index is 0.815. The highest BCUT2D eigenvalue weighted by molar-refractivity contribution is 6.13. The largest absolute Gasteiger partial charge is 0.445 e. The maximum Gasteiger partial charge on any atom is 0.407 e. The first-order valence-corrected chi connectivity index (χ1v) is 31.2. The summed E-state index contributed by atoms with van der Waals surface area (Å²) in [6, 6.07) is 16.6. The summed E-state index contributed by atoms with van der Waals surface area (Å²) in [5.41, 5.74) is 17.6. The van der Waals surface area contributed by atoms with Gasteiger partial charge in [0.1, 0.15) is 24.5 Å². The number of ether oxygens (including phenoxy) is 1. The number of alkyl carbamates (subject to hydrolysis) is 1. The third-order valence-corrected chi connectivity index (χ3v) is 15.4. The number of carbonyl (C=O) groups excluding carboxylic acids is 10. The Hall–Kier alpha value is -9.92. The first-order chi connectivity index (χ1) is 44.5. The minimum atomic E-state index is -3.56. The second kappa shape index (κ2) is 33.9. The fourth-order valence-corrected chi connectivity index (χ4v) is 10.5. The number of primary amides is 1. The van der Waals surface area contributed by atoms with Crippen molar-refractivity contribution in [2.24, 2.45) is 22.4 Å². The number of hydrogen-bond donors (Lipinski definition) is 9. The molecule has 11 N–H and O–H groups in total. The quantitative estimate of drug-likeness (QED) is 0.0197. The van der Waals surface area contributed by atoms with Crippen LogP contribution in [-0.4, -0.2) is 149 Å². The molecule has 2 atom stereocenters. The number of urea groups is 1. The summed E-state index contributed by atoms with van der Waals surface area (Å²) in [5.74, 6) is -7.27. The number of benzene rings is 3.